The number of carbonyl (C=O) groups excluding carboxylic acids is 1. The van der Waals surface area contributed by atoms with Crippen molar-refractivity contribution in [3.8, 4) is 22.8 Å². The van der Waals surface area contributed by atoms with E-state index in [4.69, 9.17) is 14.0 Å². The van der Waals surface area contributed by atoms with Crippen LogP contribution in [0.5, 0.6) is 11.5 Å². The molecule has 0 radical (unpaired) electrons. The first-order chi connectivity index (χ1) is 13.2. The van der Waals surface area contributed by atoms with E-state index in [1.165, 1.54) is 6.21 Å². The molecule has 1 heterocycles. The standard InChI is InChI=1S/C19H16BrN3O4/c1-25-15-5-2-13(3-6-15)11-21-23-19(24)12-26-17-7-4-14(20)10-16(17)18-8-9-22-27-18/h2-11H,12H2,1H3,(H,23,24)/b21-11+. The summed E-state index contributed by atoms with van der Waals surface area (Å²) in [4.78, 5) is 12.0. The van der Waals surface area contributed by atoms with Gasteiger partial charge in [0, 0.05) is 10.5 Å². The Morgan fingerprint density at radius 3 is 2.78 bits per heavy atom. The number of methoxy groups -OCH3 is 1. The van der Waals surface area contributed by atoms with E-state index < -0.39 is 0 Å². The molecule has 0 aliphatic heterocycles. The van der Waals surface area contributed by atoms with Crippen LogP contribution in [0.1, 0.15) is 5.56 Å². The first kappa shape index (κ1) is 18.7. The summed E-state index contributed by atoms with van der Waals surface area (Å²) in [6.07, 6.45) is 3.08. The zero-order valence-corrected chi connectivity index (χ0v) is 16.0. The molecular weight excluding hydrogens is 414 g/mol. The first-order valence-corrected chi connectivity index (χ1v) is 8.74. The van der Waals surface area contributed by atoms with Gasteiger partial charge in [-0.25, -0.2) is 5.43 Å². The van der Waals surface area contributed by atoms with Crippen molar-refractivity contribution in [1.29, 1.82) is 0 Å². The third kappa shape index (κ3) is 5.18. The first-order valence-electron chi connectivity index (χ1n) is 7.95. The van der Waals surface area contributed by atoms with Gasteiger partial charge in [-0.15, -0.1) is 0 Å². The van der Waals surface area contributed by atoms with Gasteiger partial charge >= 0.3 is 0 Å². The molecule has 0 spiro atoms. The number of hydrogen-bond acceptors (Lipinski definition) is 6. The van der Waals surface area contributed by atoms with Crippen molar-refractivity contribution in [3.63, 3.8) is 0 Å². The second-order valence-electron chi connectivity index (χ2n) is 5.37. The Morgan fingerprint density at radius 2 is 2.07 bits per heavy atom. The lowest BCUT2D eigenvalue weighted by molar-refractivity contribution is -0.123. The van der Waals surface area contributed by atoms with Gasteiger partial charge in [-0.2, -0.15) is 5.10 Å². The van der Waals surface area contributed by atoms with Gasteiger partial charge in [0.1, 0.15) is 11.5 Å². The highest BCUT2D eigenvalue weighted by molar-refractivity contribution is 9.10. The van der Waals surface area contributed by atoms with Gasteiger partial charge in [-0.05, 0) is 48.0 Å². The fourth-order valence-electron chi connectivity index (χ4n) is 2.22. The van der Waals surface area contributed by atoms with Gasteiger partial charge in [0.05, 0.1) is 25.1 Å². The maximum atomic E-state index is 12.0. The Balaban J connectivity index is 1.57. The summed E-state index contributed by atoms with van der Waals surface area (Å²) in [6.45, 7) is -0.192. The summed E-state index contributed by atoms with van der Waals surface area (Å²) in [5.74, 6) is 1.42. The largest absolute Gasteiger partial charge is 0.497 e. The van der Waals surface area contributed by atoms with Crippen molar-refractivity contribution in [3.05, 3.63) is 64.8 Å². The lowest BCUT2D eigenvalue weighted by Gasteiger charge is -2.09. The second kappa shape index (κ2) is 9.00. The van der Waals surface area contributed by atoms with E-state index in [0.717, 1.165) is 15.8 Å². The van der Waals surface area contributed by atoms with Crippen LogP contribution in [-0.4, -0.2) is 31.0 Å². The molecule has 1 aromatic heterocycles. The molecular formula is C19H16BrN3O4. The minimum absolute atomic E-state index is 0.192. The summed E-state index contributed by atoms with van der Waals surface area (Å²) >= 11 is 3.40. The third-order valence-corrected chi connectivity index (χ3v) is 4.02. The fourth-order valence-corrected chi connectivity index (χ4v) is 2.58. The Morgan fingerprint density at radius 1 is 1.26 bits per heavy atom. The number of nitrogens with one attached hydrogen (secondary N) is 1. The fraction of sp³-hybridized carbons (Fsp3) is 0.105. The Bertz CT molecular complexity index is 925. The Hall–Kier alpha value is -3.13. The average molecular weight is 430 g/mol. The number of carbonyl (C=O) groups is 1. The predicted octanol–water partition coefficient (Wildman–Crippen LogP) is 3.64. The molecule has 3 rings (SSSR count). The van der Waals surface area contributed by atoms with Gasteiger partial charge in [0.15, 0.2) is 12.4 Å². The van der Waals surface area contributed by atoms with Crippen LogP contribution in [0.15, 0.2) is 68.8 Å². The number of ether oxygens (including phenoxy) is 2. The lowest BCUT2D eigenvalue weighted by atomic mass is 10.1. The summed E-state index contributed by atoms with van der Waals surface area (Å²) in [5, 5.41) is 7.61. The van der Waals surface area contributed by atoms with Crippen LogP contribution in [0.3, 0.4) is 0 Å². The quantitative estimate of drug-likeness (QED) is 0.457. The van der Waals surface area contributed by atoms with Crippen LogP contribution < -0.4 is 14.9 Å². The van der Waals surface area contributed by atoms with E-state index in [1.807, 2.05) is 36.4 Å². The lowest BCUT2D eigenvalue weighted by Crippen LogP contribution is -2.24. The monoisotopic (exact) mass is 429 g/mol. The molecule has 0 bridgehead atoms. The number of nitrogens with zero attached hydrogens (tertiary/aromatic N) is 2. The highest BCUT2D eigenvalue weighted by Crippen LogP contribution is 2.32. The Kier molecular flexibility index (Phi) is 6.22. The van der Waals surface area contributed by atoms with Crippen molar-refractivity contribution in [2.75, 3.05) is 13.7 Å². The van der Waals surface area contributed by atoms with E-state index in [1.54, 1.807) is 25.4 Å². The van der Waals surface area contributed by atoms with Crippen LogP contribution in [0.2, 0.25) is 0 Å². The average Bonchev–Trinajstić information content (AvgIpc) is 3.22. The van der Waals surface area contributed by atoms with E-state index in [9.17, 15) is 4.79 Å². The minimum Gasteiger partial charge on any atom is -0.497 e. The van der Waals surface area contributed by atoms with E-state index in [-0.39, 0.29) is 12.5 Å². The normalized spacial score (nSPS) is 10.7. The van der Waals surface area contributed by atoms with Crippen LogP contribution in [0, 0.1) is 0 Å². The summed E-state index contributed by atoms with van der Waals surface area (Å²) in [5.41, 5.74) is 3.95. The molecule has 0 fully saturated rings. The molecule has 0 aliphatic carbocycles. The number of halogens is 1. The van der Waals surface area contributed by atoms with Crippen molar-refractivity contribution in [2.45, 2.75) is 0 Å². The molecule has 0 aliphatic rings. The van der Waals surface area contributed by atoms with Crippen molar-refractivity contribution >= 4 is 28.1 Å². The molecule has 138 valence electrons. The van der Waals surface area contributed by atoms with Gasteiger partial charge < -0.3 is 14.0 Å². The third-order valence-electron chi connectivity index (χ3n) is 3.52. The summed E-state index contributed by atoms with van der Waals surface area (Å²) in [6, 6.07) is 14.4. The molecule has 0 saturated carbocycles. The molecule has 8 heteroatoms. The van der Waals surface area contributed by atoms with Crippen LogP contribution >= 0.6 is 15.9 Å². The zero-order chi connectivity index (χ0) is 19.1. The van der Waals surface area contributed by atoms with E-state index in [2.05, 4.69) is 31.6 Å². The molecule has 0 unspecified atom stereocenters. The highest BCUT2D eigenvalue weighted by Gasteiger charge is 2.12. The van der Waals surface area contributed by atoms with Crippen LogP contribution in [-0.2, 0) is 4.79 Å². The molecule has 2 aromatic carbocycles. The van der Waals surface area contributed by atoms with Gasteiger partial charge in [-0.1, -0.05) is 21.1 Å². The van der Waals surface area contributed by atoms with E-state index >= 15 is 0 Å². The number of hydrazone groups is 1. The molecule has 1 amide bonds. The maximum absolute atomic E-state index is 12.0. The topological polar surface area (TPSA) is 86.0 Å². The van der Waals surface area contributed by atoms with Crippen LogP contribution in [0.4, 0.5) is 0 Å². The second-order valence-corrected chi connectivity index (χ2v) is 6.29. The predicted molar refractivity (Wildman–Crippen MR) is 104 cm³/mol. The Labute approximate surface area is 164 Å². The van der Waals surface area contributed by atoms with Crippen molar-refractivity contribution < 1.29 is 18.8 Å². The molecule has 0 atom stereocenters. The van der Waals surface area contributed by atoms with Crippen molar-refractivity contribution in [2.24, 2.45) is 5.10 Å². The van der Waals surface area contributed by atoms with E-state index in [0.29, 0.717) is 17.1 Å². The molecule has 0 saturated heterocycles. The highest BCUT2D eigenvalue weighted by atomic mass is 79.9. The van der Waals surface area contributed by atoms with Gasteiger partial charge in [0.2, 0.25) is 0 Å². The smallest absolute Gasteiger partial charge is 0.277 e. The number of amides is 1. The number of hydrogen-bond donors (Lipinski definition) is 1. The minimum atomic E-state index is -0.383. The molecule has 27 heavy (non-hydrogen) atoms. The van der Waals surface area contributed by atoms with Crippen LogP contribution in [0.25, 0.3) is 11.3 Å². The molecule has 3 aromatic rings. The van der Waals surface area contributed by atoms with Gasteiger partial charge in [-0.3, -0.25) is 4.79 Å². The number of aromatic nitrogens is 1. The maximum Gasteiger partial charge on any atom is 0.277 e. The summed E-state index contributed by atoms with van der Waals surface area (Å²) in [7, 11) is 1.60. The zero-order valence-electron chi connectivity index (χ0n) is 14.4. The molecule has 1 N–H and O–H groups in total. The summed E-state index contributed by atoms with van der Waals surface area (Å²) < 4.78 is 16.7. The molecule has 7 nitrogen and oxygen atoms in total. The SMILES string of the molecule is COc1ccc(/C=N/NC(=O)COc2ccc(Br)cc2-c2ccno2)cc1. The number of rotatable bonds is 7. The van der Waals surface area contributed by atoms with Crippen molar-refractivity contribution in [1.82, 2.24) is 10.6 Å². The number of benzene rings is 2. The van der Waals surface area contributed by atoms with Gasteiger partial charge in [0.25, 0.3) is 5.91 Å².